The van der Waals surface area contributed by atoms with Gasteiger partial charge in [0.05, 0.1) is 22.1 Å². The lowest BCUT2D eigenvalue weighted by Crippen LogP contribution is -1.96. The van der Waals surface area contributed by atoms with Crippen molar-refractivity contribution < 1.29 is 0 Å². The molecule has 10 aromatic rings. The van der Waals surface area contributed by atoms with Crippen molar-refractivity contribution in [2.45, 2.75) is 0 Å². The number of nitrogens with zero attached hydrogens (tertiary/aromatic N) is 3. The lowest BCUT2D eigenvalue weighted by Gasteiger charge is -2.11. The molecule has 3 heterocycles. The molecule has 0 amide bonds. The lowest BCUT2D eigenvalue weighted by atomic mass is 10.0. The van der Waals surface area contributed by atoms with E-state index in [4.69, 9.17) is 0 Å². The summed E-state index contributed by atoms with van der Waals surface area (Å²) in [6.07, 6.45) is 0. The molecular weight excluding hydrogens is 558 g/mol. The first-order chi connectivity index (χ1) is 22.7. The molecule has 0 fully saturated rings. The van der Waals surface area contributed by atoms with Gasteiger partial charge in [-0.25, -0.2) is 0 Å². The standard InChI is InChI=1S/C43H29N3/c1-44-38-22-19-29(28-11-3-2-4-12-28)25-35(38)37-27-30(20-23-39(37)44)46-42-18-10-7-15-34(42)36-26-31(21-24-43(36)46)45-40-16-8-5-13-32(40)33-14-6-9-17-41(33)45/h2-27H,1H3. The first kappa shape index (κ1) is 25.3. The molecule has 0 saturated carbocycles. The van der Waals surface area contributed by atoms with Crippen LogP contribution in [-0.4, -0.2) is 13.7 Å². The summed E-state index contributed by atoms with van der Waals surface area (Å²) in [7, 11) is 2.17. The van der Waals surface area contributed by atoms with Crippen molar-refractivity contribution in [1.29, 1.82) is 0 Å². The molecule has 3 nitrogen and oxygen atoms in total. The van der Waals surface area contributed by atoms with Gasteiger partial charge in [-0.2, -0.15) is 0 Å². The number of fused-ring (bicyclic) bond motifs is 9. The van der Waals surface area contributed by atoms with Crippen LogP contribution in [0.1, 0.15) is 0 Å². The van der Waals surface area contributed by atoms with Gasteiger partial charge in [0.25, 0.3) is 0 Å². The fourth-order valence-corrected chi connectivity index (χ4v) is 7.73. The molecule has 0 aliphatic rings. The first-order valence-electron chi connectivity index (χ1n) is 15.8. The topological polar surface area (TPSA) is 14.8 Å². The van der Waals surface area contributed by atoms with Crippen LogP contribution in [0.15, 0.2) is 158 Å². The van der Waals surface area contributed by atoms with Crippen LogP contribution in [0, 0.1) is 0 Å². The summed E-state index contributed by atoms with van der Waals surface area (Å²) in [5.41, 5.74) is 12.2. The highest BCUT2D eigenvalue weighted by atomic mass is 15.0. The van der Waals surface area contributed by atoms with Crippen molar-refractivity contribution in [3.63, 3.8) is 0 Å². The maximum absolute atomic E-state index is 2.43. The fourth-order valence-electron chi connectivity index (χ4n) is 7.73. The summed E-state index contributed by atoms with van der Waals surface area (Å²) in [5, 5.41) is 7.60. The predicted molar refractivity (Wildman–Crippen MR) is 195 cm³/mol. The minimum Gasteiger partial charge on any atom is -0.344 e. The second-order valence-electron chi connectivity index (χ2n) is 12.3. The molecule has 7 aromatic carbocycles. The monoisotopic (exact) mass is 587 g/mol. The van der Waals surface area contributed by atoms with Crippen molar-refractivity contribution in [3.05, 3.63) is 158 Å². The third-order valence-corrected chi connectivity index (χ3v) is 9.85. The molecule has 0 N–H and O–H groups in total. The summed E-state index contributed by atoms with van der Waals surface area (Å²) in [5.74, 6) is 0. The Kier molecular flexibility index (Phi) is 5.20. The Morgan fingerprint density at radius 3 is 1.30 bits per heavy atom. The molecule has 3 aromatic heterocycles. The average molecular weight is 588 g/mol. The van der Waals surface area contributed by atoms with Gasteiger partial charge in [-0.1, -0.05) is 91.0 Å². The van der Waals surface area contributed by atoms with E-state index in [0.29, 0.717) is 0 Å². The zero-order chi connectivity index (χ0) is 30.4. The number of hydrogen-bond donors (Lipinski definition) is 0. The molecule has 46 heavy (non-hydrogen) atoms. The van der Waals surface area contributed by atoms with Crippen LogP contribution in [0.25, 0.3) is 87.9 Å². The number of aromatic nitrogens is 3. The van der Waals surface area contributed by atoms with E-state index in [-0.39, 0.29) is 0 Å². The molecule has 0 spiro atoms. The molecule has 216 valence electrons. The smallest absolute Gasteiger partial charge is 0.0542 e. The molecular formula is C43H29N3. The SMILES string of the molecule is Cn1c2ccc(-c3ccccc3)cc2c2cc(-n3c4ccccc4c4cc(-n5c6ccccc6c6ccccc65)ccc43)ccc21. The van der Waals surface area contributed by atoms with Gasteiger partial charge >= 0.3 is 0 Å². The van der Waals surface area contributed by atoms with Crippen LogP contribution >= 0.6 is 0 Å². The Morgan fingerprint density at radius 2 is 0.717 bits per heavy atom. The maximum atomic E-state index is 2.43. The van der Waals surface area contributed by atoms with E-state index in [2.05, 4.69) is 178 Å². The Bertz CT molecular complexity index is 2760. The van der Waals surface area contributed by atoms with Crippen molar-refractivity contribution in [2.24, 2.45) is 7.05 Å². The van der Waals surface area contributed by atoms with Gasteiger partial charge in [0.2, 0.25) is 0 Å². The number of benzene rings is 7. The maximum Gasteiger partial charge on any atom is 0.0542 e. The van der Waals surface area contributed by atoms with E-state index in [1.165, 1.54) is 87.9 Å². The van der Waals surface area contributed by atoms with Crippen molar-refractivity contribution >= 4 is 65.4 Å². The molecule has 0 radical (unpaired) electrons. The molecule has 0 aliphatic heterocycles. The van der Waals surface area contributed by atoms with Gasteiger partial charge in [0.15, 0.2) is 0 Å². The number of rotatable bonds is 3. The Hall–Kier alpha value is -6.06. The van der Waals surface area contributed by atoms with E-state index in [1.54, 1.807) is 0 Å². The summed E-state index contributed by atoms with van der Waals surface area (Å²) in [6.45, 7) is 0. The third kappa shape index (κ3) is 3.48. The number of para-hydroxylation sites is 3. The third-order valence-electron chi connectivity index (χ3n) is 9.85. The minimum absolute atomic E-state index is 1.17. The first-order valence-corrected chi connectivity index (χ1v) is 15.8. The zero-order valence-corrected chi connectivity index (χ0v) is 25.4. The van der Waals surface area contributed by atoms with Crippen molar-refractivity contribution in [1.82, 2.24) is 13.7 Å². The lowest BCUT2D eigenvalue weighted by molar-refractivity contribution is 1.01. The molecule has 10 rings (SSSR count). The molecule has 0 atom stereocenters. The van der Waals surface area contributed by atoms with Gasteiger partial charge in [0.1, 0.15) is 0 Å². The highest BCUT2D eigenvalue weighted by molar-refractivity contribution is 6.13. The number of aryl methyl sites for hydroxylation is 1. The van der Waals surface area contributed by atoms with Gasteiger partial charge < -0.3 is 13.7 Å². The van der Waals surface area contributed by atoms with E-state index < -0.39 is 0 Å². The molecule has 0 unspecified atom stereocenters. The number of hydrogen-bond acceptors (Lipinski definition) is 0. The fraction of sp³-hybridized carbons (Fsp3) is 0.0233. The Balaban J connectivity index is 1.22. The van der Waals surface area contributed by atoms with Gasteiger partial charge in [-0.15, -0.1) is 0 Å². The van der Waals surface area contributed by atoms with E-state index in [0.717, 1.165) is 0 Å². The van der Waals surface area contributed by atoms with E-state index >= 15 is 0 Å². The quantitative estimate of drug-likeness (QED) is 0.195. The molecule has 0 aliphatic carbocycles. The highest BCUT2D eigenvalue weighted by Crippen LogP contribution is 2.39. The second-order valence-corrected chi connectivity index (χ2v) is 12.3. The Morgan fingerprint density at radius 1 is 0.304 bits per heavy atom. The van der Waals surface area contributed by atoms with Gasteiger partial charge in [-0.3, -0.25) is 0 Å². The average Bonchev–Trinajstić information content (AvgIpc) is 3.73. The normalized spacial score (nSPS) is 12.0. The van der Waals surface area contributed by atoms with Crippen LogP contribution in [-0.2, 0) is 7.05 Å². The second kappa shape index (κ2) is 9.47. The highest BCUT2D eigenvalue weighted by Gasteiger charge is 2.17. The van der Waals surface area contributed by atoms with Crippen molar-refractivity contribution in [2.75, 3.05) is 0 Å². The van der Waals surface area contributed by atoms with Crippen LogP contribution < -0.4 is 0 Å². The summed E-state index contributed by atoms with van der Waals surface area (Å²) < 4.78 is 7.15. The molecule has 3 heteroatoms. The van der Waals surface area contributed by atoms with Crippen molar-refractivity contribution in [3.8, 4) is 22.5 Å². The summed E-state index contributed by atoms with van der Waals surface area (Å²) >= 11 is 0. The Labute approximate surface area is 265 Å². The zero-order valence-electron chi connectivity index (χ0n) is 25.4. The van der Waals surface area contributed by atoms with Crippen LogP contribution in [0.5, 0.6) is 0 Å². The van der Waals surface area contributed by atoms with Crippen LogP contribution in [0.4, 0.5) is 0 Å². The van der Waals surface area contributed by atoms with Crippen LogP contribution in [0.3, 0.4) is 0 Å². The predicted octanol–water partition coefficient (Wildman–Crippen LogP) is 11.2. The van der Waals surface area contributed by atoms with Gasteiger partial charge in [0, 0.05) is 61.8 Å². The summed E-state index contributed by atoms with van der Waals surface area (Å²) in [6, 6.07) is 57.6. The molecule has 0 saturated heterocycles. The summed E-state index contributed by atoms with van der Waals surface area (Å²) in [4.78, 5) is 0. The largest absolute Gasteiger partial charge is 0.344 e. The minimum atomic E-state index is 1.17. The van der Waals surface area contributed by atoms with Crippen LogP contribution in [0.2, 0.25) is 0 Å². The van der Waals surface area contributed by atoms with E-state index in [9.17, 15) is 0 Å². The molecule has 0 bridgehead atoms. The van der Waals surface area contributed by atoms with E-state index in [1.807, 2.05) is 0 Å². The van der Waals surface area contributed by atoms with Gasteiger partial charge in [-0.05, 0) is 77.9 Å².